The predicted octanol–water partition coefficient (Wildman–Crippen LogP) is -0.378. The number of carbonyl (C=O) groups is 2. The van der Waals surface area contributed by atoms with Gasteiger partial charge in [0.1, 0.15) is 0 Å². The monoisotopic (exact) mass is 200 g/mol. The van der Waals surface area contributed by atoms with Crippen LogP contribution in [0.5, 0.6) is 0 Å². The zero-order chi connectivity index (χ0) is 10.9. The van der Waals surface area contributed by atoms with Crippen LogP contribution in [0.25, 0.3) is 0 Å². The minimum atomic E-state index is -0.932. The lowest BCUT2D eigenvalue weighted by Gasteiger charge is -2.40. The summed E-state index contributed by atoms with van der Waals surface area (Å²) < 4.78 is 0. The molecule has 0 aromatic carbocycles. The van der Waals surface area contributed by atoms with E-state index in [4.69, 9.17) is 5.11 Å². The Balaban J connectivity index is 2.74. The van der Waals surface area contributed by atoms with Gasteiger partial charge in [0.2, 0.25) is 5.91 Å². The Bertz CT molecular complexity index is 254. The number of hydrogen-bond acceptors (Lipinski definition) is 3. The van der Waals surface area contributed by atoms with Crippen molar-refractivity contribution in [3.05, 3.63) is 0 Å². The highest BCUT2D eigenvalue weighted by Crippen LogP contribution is 2.15. The molecule has 0 bridgehead atoms. The highest BCUT2D eigenvalue weighted by molar-refractivity contribution is 5.86. The Morgan fingerprint density at radius 2 is 2.14 bits per heavy atom. The molecule has 2 atom stereocenters. The van der Waals surface area contributed by atoms with Crippen LogP contribution < -0.4 is 0 Å². The van der Waals surface area contributed by atoms with Gasteiger partial charge < -0.3 is 10.0 Å². The number of rotatable bonds is 2. The normalized spacial score (nSPS) is 29.4. The van der Waals surface area contributed by atoms with E-state index in [0.717, 1.165) is 6.54 Å². The first-order chi connectivity index (χ1) is 6.43. The molecule has 0 aromatic rings. The quantitative estimate of drug-likeness (QED) is 0.660. The van der Waals surface area contributed by atoms with Crippen LogP contribution in [0, 0.1) is 0 Å². The summed E-state index contributed by atoms with van der Waals surface area (Å²) in [4.78, 5) is 25.7. The second-order valence-electron chi connectivity index (χ2n) is 3.85. The Labute approximate surface area is 83.3 Å². The molecule has 1 aliphatic heterocycles. The van der Waals surface area contributed by atoms with Crippen molar-refractivity contribution in [2.24, 2.45) is 0 Å². The number of hydrogen-bond donors (Lipinski definition) is 1. The lowest BCUT2D eigenvalue weighted by atomic mass is 10.1. The van der Waals surface area contributed by atoms with E-state index in [9.17, 15) is 9.59 Å². The number of piperazine rings is 1. The maximum Gasteiger partial charge on any atom is 0.305 e. The Morgan fingerprint density at radius 3 is 2.64 bits per heavy atom. The van der Waals surface area contributed by atoms with E-state index < -0.39 is 12.0 Å². The molecular weight excluding hydrogens is 184 g/mol. The van der Waals surface area contributed by atoms with Gasteiger partial charge in [0.25, 0.3) is 0 Å². The van der Waals surface area contributed by atoms with Gasteiger partial charge in [-0.15, -0.1) is 0 Å². The van der Waals surface area contributed by atoms with Crippen molar-refractivity contribution >= 4 is 11.9 Å². The molecule has 1 rings (SSSR count). The number of aliphatic carboxylic acids is 1. The van der Waals surface area contributed by atoms with Gasteiger partial charge in [-0.1, -0.05) is 0 Å². The Hall–Kier alpha value is -1.10. The number of carboxylic acids is 1. The molecule has 80 valence electrons. The van der Waals surface area contributed by atoms with Gasteiger partial charge in [-0.25, -0.2) is 0 Å². The number of likely N-dealkylation sites (N-methyl/N-ethyl adjacent to an activating group) is 2. The van der Waals surface area contributed by atoms with E-state index in [1.54, 1.807) is 23.9 Å². The Morgan fingerprint density at radius 1 is 1.57 bits per heavy atom. The molecule has 0 radical (unpaired) electrons. The second kappa shape index (κ2) is 3.96. The van der Waals surface area contributed by atoms with Crippen LogP contribution in [0.1, 0.15) is 13.3 Å². The molecule has 5 heteroatoms. The average molecular weight is 200 g/mol. The summed E-state index contributed by atoms with van der Waals surface area (Å²) >= 11 is 0. The van der Waals surface area contributed by atoms with Gasteiger partial charge in [0.05, 0.1) is 12.5 Å². The van der Waals surface area contributed by atoms with Crippen molar-refractivity contribution in [3.63, 3.8) is 0 Å². The van der Waals surface area contributed by atoms with Gasteiger partial charge in [0.15, 0.2) is 0 Å². The van der Waals surface area contributed by atoms with E-state index in [1.165, 1.54) is 0 Å². The number of carbonyl (C=O) groups excluding carboxylic acids is 1. The first-order valence-corrected chi connectivity index (χ1v) is 4.62. The highest BCUT2D eigenvalue weighted by Gasteiger charge is 2.35. The fourth-order valence-electron chi connectivity index (χ4n) is 1.72. The molecular formula is C9H16N2O3. The summed E-state index contributed by atoms with van der Waals surface area (Å²) in [6.45, 7) is 2.67. The van der Waals surface area contributed by atoms with E-state index in [0.29, 0.717) is 0 Å². The summed E-state index contributed by atoms with van der Waals surface area (Å²) in [6, 6.07) is -0.355. The lowest BCUT2D eigenvalue weighted by Crippen LogP contribution is -2.58. The third kappa shape index (κ3) is 2.04. The van der Waals surface area contributed by atoms with Crippen molar-refractivity contribution in [1.82, 2.24) is 9.80 Å². The molecule has 5 nitrogen and oxygen atoms in total. The topological polar surface area (TPSA) is 60.9 Å². The van der Waals surface area contributed by atoms with Crippen molar-refractivity contribution < 1.29 is 14.7 Å². The molecule has 1 aliphatic rings. The van der Waals surface area contributed by atoms with Gasteiger partial charge >= 0.3 is 5.97 Å². The molecule has 1 amide bonds. The van der Waals surface area contributed by atoms with Gasteiger partial charge in [-0.2, -0.15) is 0 Å². The third-order valence-electron chi connectivity index (χ3n) is 2.75. The SMILES string of the molecule is CC1CN(C)C(CC(=O)O)C(=O)N1C. The Kier molecular flexibility index (Phi) is 3.10. The molecule has 0 spiro atoms. The fraction of sp³-hybridized carbons (Fsp3) is 0.778. The van der Waals surface area contributed by atoms with Crippen LogP contribution in [0.15, 0.2) is 0 Å². The summed E-state index contributed by atoms with van der Waals surface area (Å²) in [5.74, 6) is -1.04. The zero-order valence-corrected chi connectivity index (χ0v) is 8.73. The summed E-state index contributed by atoms with van der Waals surface area (Å²) in [5, 5.41) is 8.66. The van der Waals surface area contributed by atoms with Crippen LogP contribution in [-0.2, 0) is 9.59 Å². The smallest absolute Gasteiger partial charge is 0.305 e. The summed E-state index contributed by atoms with van der Waals surface area (Å²) in [7, 11) is 3.50. The molecule has 2 unspecified atom stereocenters. The standard InChI is InChI=1S/C9H16N2O3/c1-6-5-10(2)7(4-8(12)13)9(14)11(6)3/h6-7H,4-5H2,1-3H3,(H,12,13). The minimum Gasteiger partial charge on any atom is -0.481 e. The maximum atomic E-state index is 11.7. The van der Waals surface area contributed by atoms with Crippen molar-refractivity contribution in [2.45, 2.75) is 25.4 Å². The predicted molar refractivity (Wildman–Crippen MR) is 50.9 cm³/mol. The lowest BCUT2D eigenvalue weighted by molar-refractivity contribution is -0.149. The largest absolute Gasteiger partial charge is 0.481 e. The van der Waals surface area contributed by atoms with Crippen LogP contribution in [-0.4, -0.2) is 59.5 Å². The minimum absolute atomic E-state index is 0.103. The van der Waals surface area contributed by atoms with Crippen molar-refractivity contribution in [2.75, 3.05) is 20.6 Å². The number of amides is 1. The van der Waals surface area contributed by atoms with E-state index >= 15 is 0 Å². The van der Waals surface area contributed by atoms with Crippen molar-refractivity contribution in [3.8, 4) is 0 Å². The van der Waals surface area contributed by atoms with Gasteiger partial charge in [-0.3, -0.25) is 14.5 Å². The first-order valence-electron chi connectivity index (χ1n) is 4.62. The molecule has 0 aliphatic carbocycles. The fourth-order valence-corrected chi connectivity index (χ4v) is 1.72. The first kappa shape index (κ1) is 11.0. The summed E-state index contributed by atoms with van der Waals surface area (Å²) in [6.07, 6.45) is -0.119. The van der Waals surface area contributed by atoms with Crippen LogP contribution in [0.3, 0.4) is 0 Å². The van der Waals surface area contributed by atoms with E-state index in [1.807, 2.05) is 6.92 Å². The molecule has 1 heterocycles. The van der Waals surface area contributed by atoms with E-state index in [-0.39, 0.29) is 18.4 Å². The maximum absolute atomic E-state index is 11.7. The highest BCUT2D eigenvalue weighted by atomic mass is 16.4. The van der Waals surface area contributed by atoms with Crippen LogP contribution in [0.2, 0.25) is 0 Å². The molecule has 0 aromatic heterocycles. The van der Waals surface area contributed by atoms with Gasteiger partial charge in [-0.05, 0) is 14.0 Å². The molecule has 1 fully saturated rings. The van der Waals surface area contributed by atoms with Crippen LogP contribution >= 0.6 is 0 Å². The third-order valence-corrected chi connectivity index (χ3v) is 2.75. The molecule has 14 heavy (non-hydrogen) atoms. The van der Waals surface area contributed by atoms with Gasteiger partial charge in [0, 0.05) is 19.6 Å². The summed E-state index contributed by atoms with van der Waals surface area (Å²) in [5.41, 5.74) is 0. The molecule has 1 N–H and O–H groups in total. The average Bonchev–Trinajstić information content (AvgIpc) is 2.09. The molecule has 0 saturated carbocycles. The van der Waals surface area contributed by atoms with Crippen molar-refractivity contribution in [1.29, 1.82) is 0 Å². The number of carboxylic acid groups (broad SMARTS) is 1. The zero-order valence-electron chi connectivity index (χ0n) is 8.73. The number of nitrogens with zero attached hydrogens (tertiary/aromatic N) is 2. The van der Waals surface area contributed by atoms with Crippen LogP contribution in [0.4, 0.5) is 0 Å². The van der Waals surface area contributed by atoms with E-state index in [2.05, 4.69) is 0 Å². The second-order valence-corrected chi connectivity index (χ2v) is 3.85. The molecule has 1 saturated heterocycles.